The molecule has 0 fully saturated rings. The third kappa shape index (κ3) is 4.87. The van der Waals surface area contributed by atoms with Crippen molar-refractivity contribution in [3.8, 4) is 5.75 Å². The third-order valence-electron chi connectivity index (χ3n) is 2.96. The van der Waals surface area contributed by atoms with Gasteiger partial charge in [-0.25, -0.2) is 9.18 Å². The van der Waals surface area contributed by atoms with Crippen LogP contribution >= 0.6 is 0 Å². The molecule has 0 saturated carbocycles. The van der Waals surface area contributed by atoms with Gasteiger partial charge >= 0.3 is 5.97 Å². The molecule has 1 rings (SSSR count). The Labute approximate surface area is 116 Å². The molecule has 0 aliphatic rings. The fourth-order valence-corrected chi connectivity index (χ4v) is 1.60. The number of carboxylic acids is 1. The van der Waals surface area contributed by atoms with Gasteiger partial charge in [0.1, 0.15) is 17.6 Å². The summed E-state index contributed by atoms with van der Waals surface area (Å²) >= 11 is 0. The van der Waals surface area contributed by atoms with Gasteiger partial charge in [0, 0.05) is 6.07 Å². The van der Waals surface area contributed by atoms with Crippen molar-refractivity contribution < 1.29 is 23.8 Å². The number of carboxylic acid groups (broad SMARTS) is 1. The number of benzene rings is 1. The van der Waals surface area contributed by atoms with E-state index in [9.17, 15) is 14.0 Å². The number of hydrogen-bond donors (Lipinski definition) is 2. The van der Waals surface area contributed by atoms with Gasteiger partial charge < -0.3 is 15.2 Å². The highest BCUT2D eigenvalue weighted by Crippen LogP contribution is 2.12. The van der Waals surface area contributed by atoms with Gasteiger partial charge in [0.05, 0.1) is 0 Å². The van der Waals surface area contributed by atoms with Gasteiger partial charge in [0.15, 0.2) is 6.61 Å². The molecule has 110 valence electrons. The molecular weight excluding hydrogens is 265 g/mol. The smallest absolute Gasteiger partial charge is 0.326 e. The van der Waals surface area contributed by atoms with Crippen LogP contribution < -0.4 is 10.1 Å². The first-order valence-electron chi connectivity index (χ1n) is 6.34. The van der Waals surface area contributed by atoms with E-state index in [4.69, 9.17) is 9.84 Å². The Kier molecular flexibility index (Phi) is 5.96. The van der Waals surface area contributed by atoms with Crippen LogP contribution in [0.25, 0.3) is 0 Å². The summed E-state index contributed by atoms with van der Waals surface area (Å²) in [4.78, 5) is 22.7. The number of amides is 1. The molecule has 5 nitrogen and oxygen atoms in total. The van der Waals surface area contributed by atoms with Crippen LogP contribution in [0.1, 0.15) is 20.3 Å². The van der Waals surface area contributed by atoms with E-state index in [-0.39, 0.29) is 18.3 Å². The Morgan fingerprint density at radius 3 is 2.70 bits per heavy atom. The zero-order valence-corrected chi connectivity index (χ0v) is 11.4. The average molecular weight is 283 g/mol. The highest BCUT2D eigenvalue weighted by molar-refractivity contribution is 5.84. The lowest BCUT2D eigenvalue weighted by Gasteiger charge is -2.20. The average Bonchev–Trinajstić information content (AvgIpc) is 2.41. The fourth-order valence-electron chi connectivity index (χ4n) is 1.60. The van der Waals surface area contributed by atoms with Gasteiger partial charge in [0.25, 0.3) is 5.91 Å². The Balaban J connectivity index is 2.52. The molecule has 0 aromatic heterocycles. The van der Waals surface area contributed by atoms with Gasteiger partial charge in [-0.05, 0) is 18.1 Å². The van der Waals surface area contributed by atoms with E-state index in [0.29, 0.717) is 6.42 Å². The maximum Gasteiger partial charge on any atom is 0.326 e. The van der Waals surface area contributed by atoms with Crippen molar-refractivity contribution >= 4 is 11.9 Å². The van der Waals surface area contributed by atoms with Gasteiger partial charge in [-0.1, -0.05) is 26.3 Å². The Morgan fingerprint density at radius 1 is 1.45 bits per heavy atom. The van der Waals surface area contributed by atoms with Crippen molar-refractivity contribution in [1.29, 1.82) is 0 Å². The van der Waals surface area contributed by atoms with Gasteiger partial charge in [-0.2, -0.15) is 0 Å². The van der Waals surface area contributed by atoms with E-state index in [1.165, 1.54) is 18.2 Å². The van der Waals surface area contributed by atoms with Crippen LogP contribution in [-0.4, -0.2) is 29.6 Å². The maximum atomic E-state index is 12.9. The number of ether oxygens (including phenoxy) is 1. The van der Waals surface area contributed by atoms with Crippen LogP contribution in [-0.2, 0) is 9.59 Å². The van der Waals surface area contributed by atoms with E-state index < -0.39 is 23.7 Å². The SMILES string of the molecule is CCC(C)C(NC(=O)COc1cccc(F)c1)C(=O)O. The molecule has 0 spiro atoms. The van der Waals surface area contributed by atoms with Crippen molar-refractivity contribution in [2.45, 2.75) is 26.3 Å². The van der Waals surface area contributed by atoms with Gasteiger partial charge in [0.2, 0.25) is 0 Å². The first kappa shape index (κ1) is 15.9. The molecule has 2 N–H and O–H groups in total. The first-order chi connectivity index (χ1) is 9.43. The number of carbonyl (C=O) groups is 2. The molecule has 6 heteroatoms. The molecule has 2 unspecified atom stereocenters. The van der Waals surface area contributed by atoms with E-state index >= 15 is 0 Å². The van der Waals surface area contributed by atoms with Crippen LogP contribution in [0.4, 0.5) is 4.39 Å². The summed E-state index contributed by atoms with van der Waals surface area (Å²) in [7, 11) is 0. The minimum atomic E-state index is -1.08. The summed E-state index contributed by atoms with van der Waals surface area (Å²) in [6.45, 7) is 3.23. The normalized spacial score (nSPS) is 13.3. The Hall–Kier alpha value is -2.11. The number of hydrogen-bond acceptors (Lipinski definition) is 3. The van der Waals surface area contributed by atoms with E-state index in [0.717, 1.165) is 6.07 Å². The molecule has 1 amide bonds. The molecule has 0 aliphatic carbocycles. The van der Waals surface area contributed by atoms with Crippen LogP contribution in [0.5, 0.6) is 5.75 Å². The fraction of sp³-hybridized carbons (Fsp3) is 0.429. The third-order valence-corrected chi connectivity index (χ3v) is 2.96. The maximum absolute atomic E-state index is 12.9. The summed E-state index contributed by atoms with van der Waals surface area (Å²) in [6.07, 6.45) is 0.627. The van der Waals surface area contributed by atoms with E-state index in [2.05, 4.69) is 5.32 Å². The zero-order valence-electron chi connectivity index (χ0n) is 11.4. The molecule has 0 aliphatic heterocycles. The summed E-state index contributed by atoms with van der Waals surface area (Å²) in [5.74, 6) is -2.08. The largest absolute Gasteiger partial charge is 0.484 e. The number of aliphatic carboxylic acids is 1. The lowest BCUT2D eigenvalue weighted by Crippen LogP contribution is -2.46. The quantitative estimate of drug-likeness (QED) is 0.800. The molecule has 2 atom stereocenters. The molecule has 1 aromatic rings. The number of nitrogens with one attached hydrogen (secondary N) is 1. The zero-order chi connectivity index (χ0) is 15.1. The van der Waals surface area contributed by atoms with Gasteiger partial charge in [-0.3, -0.25) is 4.79 Å². The van der Waals surface area contributed by atoms with Crippen molar-refractivity contribution in [3.05, 3.63) is 30.1 Å². The first-order valence-corrected chi connectivity index (χ1v) is 6.34. The molecule has 0 bridgehead atoms. The summed E-state index contributed by atoms with van der Waals surface area (Å²) in [5, 5.41) is 11.4. The van der Waals surface area contributed by atoms with E-state index in [1.807, 2.05) is 6.92 Å². The topological polar surface area (TPSA) is 75.6 Å². The minimum absolute atomic E-state index is 0.189. The van der Waals surface area contributed by atoms with Crippen LogP contribution in [0.2, 0.25) is 0 Å². The standard InChI is InChI=1S/C14H18FNO4/c1-3-9(2)13(14(18)19)16-12(17)8-20-11-6-4-5-10(15)7-11/h4-7,9,13H,3,8H2,1-2H3,(H,16,17)(H,18,19). The minimum Gasteiger partial charge on any atom is -0.484 e. The lowest BCUT2D eigenvalue weighted by molar-refractivity contribution is -0.143. The second-order valence-corrected chi connectivity index (χ2v) is 4.52. The summed E-state index contributed by atoms with van der Waals surface area (Å²) < 4.78 is 18.0. The highest BCUT2D eigenvalue weighted by atomic mass is 19.1. The molecule has 20 heavy (non-hydrogen) atoms. The van der Waals surface area contributed by atoms with Gasteiger partial charge in [-0.15, -0.1) is 0 Å². The Morgan fingerprint density at radius 2 is 2.15 bits per heavy atom. The Bertz CT molecular complexity index is 478. The number of carbonyl (C=O) groups excluding carboxylic acids is 1. The van der Waals surface area contributed by atoms with E-state index in [1.54, 1.807) is 6.92 Å². The van der Waals surface area contributed by atoms with Crippen molar-refractivity contribution in [1.82, 2.24) is 5.32 Å². The second kappa shape index (κ2) is 7.47. The molecule has 0 radical (unpaired) electrons. The van der Waals surface area contributed by atoms with Crippen LogP contribution in [0, 0.1) is 11.7 Å². The van der Waals surface area contributed by atoms with Crippen molar-refractivity contribution in [3.63, 3.8) is 0 Å². The van der Waals surface area contributed by atoms with Crippen LogP contribution in [0.3, 0.4) is 0 Å². The van der Waals surface area contributed by atoms with Crippen LogP contribution in [0.15, 0.2) is 24.3 Å². The molecule has 1 aromatic carbocycles. The predicted octanol–water partition coefficient (Wildman–Crippen LogP) is 1.82. The highest BCUT2D eigenvalue weighted by Gasteiger charge is 2.25. The van der Waals surface area contributed by atoms with Crippen molar-refractivity contribution in [2.75, 3.05) is 6.61 Å². The molecular formula is C14H18FNO4. The molecule has 0 heterocycles. The summed E-state index contributed by atoms with van der Waals surface area (Å²) in [6, 6.07) is 4.43. The second-order valence-electron chi connectivity index (χ2n) is 4.52. The summed E-state index contributed by atoms with van der Waals surface area (Å²) in [5.41, 5.74) is 0. The number of halogens is 1. The number of rotatable bonds is 7. The molecule has 0 saturated heterocycles. The predicted molar refractivity (Wildman–Crippen MR) is 70.9 cm³/mol. The van der Waals surface area contributed by atoms with Crippen molar-refractivity contribution in [2.24, 2.45) is 5.92 Å². The lowest BCUT2D eigenvalue weighted by atomic mass is 9.99. The monoisotopic (exact) mass is 283 g/mol.